The Morgan fingerprint density at radius 3 is 2.89 bits per heavy atom. The monoisotopic (exact) mass is 256 g/mol. The summed E-state index contributed by atoms with van der Waals surface area (Å²) < 4.78 is 5.90. The molecule has 1 fully saturated rings. The van der Waals surface area contributed by atoms with E-state index in [-0.39, 0.29) is 0 Å². The molecule has 2 atom stereocenters. The fraction of sp³-hybridized carbons (Fsp3) is 1.00. The zero-order valence-electron chi connectivity index (χ0n) is 12.6. The van der Waals surface area contributed by atoms with Crippen LogP contribution in [0.3, 0.4) is 0 Å². The van der Waals surface area contributed by atoms with E-state index in [0.717, 1.165) is 25.7 Å². The van der Waals surface area contributed by atoms with E-state index in [1.54, 1.807) is 0 Å². The van der Waals surface area contributed by atoms with E-state index in [1.807, 2.05) is 0 Å². The van der Waals surface area contributed by atoms with Crippen molar-refractivity contribution in [3.05, 3.63) is 0 Å². The van der Waals surface area contributed by atoms with E-state index in [1.165, 1.54) is 45.1 Å². The van der Waals surface area contributed by atoms with Gasteiger partial charge < -0.3 is 15.0 Å². The van der Waals surface area contributed by atoms with Crippen LogP contribution in [0.4, 0.5) is 0 Å². The minimum absolute atomic E-state index is 0.417. The fourth-order valence-electron chi connectivity index (χ4n) is 2.65. The summed E-state index contributed by atoms with van der Waals surface area (Å²) in [7, 11) is 2.24. The van der Waals surface area contributed by atoms with Gasteiger partial charge >= 0.3 is 0 Å². The van der Waals surface area contributed by atoms with Crippen LogP contribution < -0.4 is 5.32 Å². The first-order chi connectivity index (χ1) is 8.74. The van der Waals surface area contributed by atoms with E-state index in [9.17, 15) is 0 Å². The summed E-state index contributed by atoms with van der Waals surface area (Å²) in [5.41, 5.74) is 0. The average Bonchev–Trinajstić information content (AvgIpc) is 2.75. The minimum atomic E-state index is 0.417. The highest BCUT2D eigenvalue weighted by molar-refractivity contribution is 4.75. The second-order valence-corrected chi connectivity index (χ2v) is 5.64. The number of likely N-dealkylation sites (tertiary alicyclic amines) is 1. The van der Waals surface area contributed by atoms with Gasteiger partial charge in [-0.15, -0.1) is 0 Å². The molecule has 0 spiro atoms. The first-order valence-electron chi connectivity index (χ1n) is 7.76. The van der Waals surface area contributed by atoms with Crippen LogP contribution in [0.25, 0.3) is 0 Å². The Labute approximate surface area is 113 Å². The predicted octanol–water partition coefficient (Wildman–Crippen LogP) is 2.66. The van der Waals surface area contributed by atoms with Crippen LogP contribution in [-0.4, -0.2) is 50.3 Å². The SMILES string of the molecule is CCCNCCCC(C)OCCC1CCCN1C. The predicted molar refractivity (Wildman–Crippen MR) is 78.1 cm³/mol. The highest BCUT2D eigenvalue weighted by atomic mass is 16.5. The Hall–Kier alpha value is -0.120. The van der Waals surface area contributed by atoms with E-state index < -0.39 is 0 Å². The molecule has 3 heteroatoms. The maximum atomic E-state index is 5.90. The van der Waals surface area contributed by atoms with Crippen molar-refractivity contribution in [2.45, 2.75) is 64.5 Å². The summed E-state index contributed by atoms with van der Waals surface area (Å²) in [4.78, 5) is 2.47. The summed E-state index contributed by atoms with van der Waals surface area (Å²) in [6.45, 7) is 8.88. The first kappa shape index (κ1) is 15.9. The molecule has 0 aromatic carbocycles. The molecule has 0 aromatic rings. The Balaban J connectivity index is 1.91. The molecule has 0 bridgehead atoms. The number of hydrogen-bond donors (Lipinski definition) is 1. The normalized spacial score (nSPS) is 22.5. The lowest BCUT2D eigenvalue weighted by molar-refractivity contribution is 0.0475. The molecule has 0 amide bonds. The van der Waals surface area contributed by atoms with Crippen LogP contribution in [0, 0.1) is 0 Å². The van der Waals surface area contributed by atoms with Crippen molar-refractivity contribution in [3.63, 3.8) is 0 Å². The summed E-state index contributed by atoms with van der Waals surface area (Å²) in [5.74, 6) is 0. The molecule has 108 valence electrons. The Kier molecular flexibility index (Phi) is 8.64. The number of rotatable bonds is 10. The molecule has 0 radical (unpaired) electrons. The zero-order valence-corrected chi connectivity index (χ0v) is 12.6. The van der Waals surface area contributed by atoms with Crippen LogP contribution in [0.5, 0.6) is 0 Å². The second kappa shape index (κ2) is 9.76. The molecular formula is C15H32N2O. The highest BCUT2D eigenvalue weighted by Crippen LogP contribution is 2.18. The van der Waals surface area contributed by atoms with Crippen LogP contribution >= 0.6 is 0 Å². The van der Waals surface area contributed by atoms with Gasteiger partial charge in [0.05, 0.1) is 6.10 Å². The summed E-state index contributed by atoms with van der Waals surface area (Å²) in [6, 6.07) is 0.767. The van der Waals surface area contributed by atoms with Gasteiger partial charge in [-0.1, -0.05) is 6.92 Å². The molecule has 1 aliphatic rings. The van der Waals surface area contributed by atoms with Gasteiger partial charge in [-0.05, 0) is 72.1 Å². The maximum absolute atomic E-state index is 5.90. The topological polar surface area (TPSA) is 24.5 Å². The van der Waals surface area contributed by atoms with Crippen LogP contribution in [-0.2, 0) is 4.74 Å². The Bertz CT molecular complexity index is 199. The molecule has 3 nitrogen and oxygen atoms in total. The van der Waals surface area contributed by atoms with Crippen molar-refractivity contribution in [2.24, 2.45) is 0 Å². The van der Waals surface area contributed by atoms with Gasteiger partial charge in [-0.3, -0.25) is 0 Å². The van der Waals surface area contributed by atoms with Gasteiger partial charge in [-0.25, -0.2) is 0 Å². The van der Waals surface area contributed by atoms with Gasteiger partial charge in [0.25, 0.3) is 0 Å². The second-order valence-electron chi connectivity index (χ2n) is 5.64. The third-order valence-corrected chi connectivity index (χ3v) is 3.92. The van der Waals surface area contributed by atoms with Gasteiger partial charge in [0, 0.05) is 12.6 Å². The number of nitrogens with one attached hydrogen (secondary N) is 1. The minimum Gasteiger partial charge on any atom is -0.378 e. The smallest absolute Gasteiger partial charge is 0.0547 e. The van der Waals surface area contributed by atoms with Gasteiger partial charge in [-0.2, -0.15) is 0 Å². The average molecular weight is 256 g/mol. The number of ether oxygens (including phenoxy) is 1. The van der Waals surface area contributed by atoms with Crippen LogP contribution in [0.2, 0.25) is 0 Å². The molecule has 1 saturated heterocycles. The van der Waals surface area contributed by atoms with Crippen LogP contribution in [0.1, 0.15) is 52.4 Å². The molecule has 1 aliphatic heterocycles. The van der Waals surface area contributed by atoms with E-state index in [4.69, 9.17) is 4.74 Å². The number of nitrogens with zero attached hydrogens (tertiary/aromatic N) is 1. The summed E-state index contributed by atoms with van der Waals surface area (Å²) >= 11 is 0. The highest BCUT2D eigenvalue weighted by Gasteiger charge is 2.20. The van der Waals surface area contributed by atoms with Gasteiger partial charge in [0.1, 0.15) is 0 Å². The molecule has 1 heterocycles. The van der Waals surface area contributed by atoms with Crippen molar-refractivity contribution >= 4 is 0 Å². The van der Waals surface area contributed by atoms with Crippen LogP contribution in [0.15, 0.2) is 0 Å². The largest absolute Gasteiger partial charge is 0.378 e. The van der Waals surface area contributed by atoms with Crippen molar-refractivity contribution in [1.82, 2.24) is 10.2 Å². The van der Waals surface area contributed by atoms with E-state index >= 15 is 0 Å². The Morgan fingerprint density at radius 2 is 2.22 bits per heavy atom. The lowest BCUT2D eigenvalue weighted by atomic mass is 10.1. The van der Waals surface area contributed by atoms with Crippen molar-refractivity contribution in [2.75, 3.05) is 33.3 Å². The third-order valence-electron chi connectivity index (χ3n) is 3.92. The first-order valence-corrected chi connectivity index (χ1v) is 7.76. The molecule has 18 heavy (non-hydrogen) atoms. The van der Waals surface area contributed by atoms with Crippen molar-refractivity contribution in [1.29, 1.82) is 0 Å². The number of hydrogen-bond acceptors (Lipinski definition) is 3. The molecule has 1 N–H and O–H groups in total. The molecule has 0 aromatic heterocycles. The lowest BCUT2D eigenvalue weighted by Gasteiger charge is -2.20. The van der Waals surface area contributed by atoms with E-state index in [0.29, 0.717) is 6.10 Å². The van der Waals surface area contributed by atoms with Gasteiger partial charge in [0.2, 0.25) is 0 Å². The molecule has 2 unspecified atom stereocenters. The maximum Gasteiger partial charge on any atom is 0.0547 e. The zero-order chi connectivity index (χ0) is 13.2. The standard InChI is InChI=1S/C15H32N2O/c1-4-10-16-11-5-7-14(2)18-13-9-15-8-6-12-17(15)3/h14-16H,4-13H2,1-3H3. The Morgan fingerprint density at radius 1 is 1.39 bits per heavy atom. The molecular weight excluding hydrogens is 224 g/mol. The van der Waals surface area contributed by atoms with Crippen molar-refractivity contribution in [3.8, 4) is 0 Å². The molecule has 0 aliphatic carbocycles. The summed E-state index contributed by atoms with van der Waals surface area (Å²) in [5, 5.41) is 3.43. The lowest BCUT2D eigenvalue weighted by Crippen LogP contribution is -2.27. The summed E-state index contributed by atoms with van der Waals surface area (Å²) in [6.07, 6.45) is 7.97. The fourth-order valence-corrected chi connectivity index (χ4v) is 2.65. The third kappa shape index (κ3) is 6.72. The van der Waals surface area contributed by atoms with Crippen molar-refractivity contribution < 1.29 is 4.74 Å². The molecule has 0 saturated carbocycles. The quantitative estimate of drug-likeness (QED) is 0.608. The van der Waals surface area contributed by atoms with Gasteiger partial charge in [0.15, 0.2) is 0 Å². The van der Waals surface area contributed by atoms with E-state index in [2.05, 4.69) is 31.1 Å². The molecule has 1 rings (SSSR count).